The third-order valence-electron chi connectivity index (χ3n) is 5.28. The average Bonchev–Trinajstić information content (AvgIpc) is 2.70. The first-order chi connectivity index (χ1) is 13.8. The first-order valence-electron chi connectivity index (χ1n) is 9.90. The quantitative estimate of drug-likeness (QED) is 0.803. The van der Waals surface area contributed by atoms with Gasteiger partial charge in [-0.2, -0.15) is 4.98 Å². The number of hydrogen-bond acceptors (Lipinski definition) is 5. The van der Waals surface area contributed by atoms with Crippen molar-refractivity contribution in [1.29, 1.82) is 0 Å². The number of carbonyl (C=O) groups excluding carboxylic acids is 1. The van der Waals surface area contributed by atoms with Gasteiger partial charge in [0.05, 0.1) is 0 Å². The molecule has 7 nitrogen and oxygen atoms in total. The molecule has 0 saturated heterocycles. The van der Waals surface area contributed by atoms with E-state index in [1.807, 2.05) is 32.1 Å². The smallest absolute Gasteiger partial charge is 0.321 e. The summed E-state index contributed by atoms with van der Waals surface area (Å²) in [6.45, 7) is 2.00. The molecule has 2 aromatic rings. The Morgan fingerprint density at radius 2 is 1.69 bits per heavy atom. The van der Waals surface area contributed by atoms with Crippen LogP contribution in [0.25, 0.3) is 0 Å². The summed E-state index contributed by atoms with van der Waals surface area (Å²) in [4.78, 5) is 25.0. The summed E-state index contributed by atoms with van der Waals surface area (Å²) >= 11 is 0. The molecule has 0 atom stereocenters. The standard InChI is InChI=1S/C21H29FN6O/c1-14-13-23-20(26-19(14)27(2)3)24-16-7-9-17(10-8-16)25-21(29)28(4)18-11-5-15(22)6-12-18/h5-6,11-13,16-17H,7-10H2,1-4H3,(H,25,29)(H,23,24,26)/t16-,17+. The van der Waals surface area contributed by atoms with E-state index in [9.17, 15) is 9.18 Å². The zero-order valence-electron chi connectivity index (χ0n) is 17.4. The summed E-state index contributed by atoms with van der Waals surface area (Å²) in [7, 11) is 5.62. The maximum Gasteiger partial charge on any atom is 0.321 e. The summed E-state index contributed by atoms with van der Waals surface area (Å²) in [5, 5.41) is 6.50. The molecule has 0 aliphatic heterocycles. The average molecular weight is 401 g/mol. The fourth-order valence-electron chi connectivity index (χ4n) is 3.57. The second-order valence-corrected chi connectivity index (χ2v) is 7.77. The van der Waals surface area contributed by atoms with Gasteiger partial charge in [0.25, 0.3) is 0 Å². The first kappa shape index (κ1) is 20.8. The van der Waals surface area contributed by atoms with E-state index >= 15 is 0 Å². The summed E-state index contributed by atoms with van der Waals surface area (Å²) in [6.07, 6.45) is 5.46. The van der Waals surface area contributed by atoms with Crippen molar-refractivity contribution in [3.8, 4) is 0 Å². The lowest BCUT2D eigenvalue weighted by Gasteiger charge is -2.31. The molecule has 0 unspecified atom stereocenters. The van der Waals surface area contributed by atoms with Crippen LogP contribution in [0, 0.1) is 12.7 Å². The number of urea groups is 1. The van der Waals surface area contributed by atoms with Gasteiger partial charge in [0, 0.05) is 50.7 Å². The van der Waals surface area contributed by atoms with Gasteiger partial charge >= 0.3 is 6.03 Å². The molecule has 156 valence electrons. The molecule has 0 bridgehead atoms. The highest BCUT2D eigenvalue weighted by atomic mass is 19.1. The molecule has 29 heavy (non-hydrogen) atoms. The SMILES string of the molecule is Cc1cnc(N[C@H]2CC[C@@H](NC(=O)N(C)c3ccc(F)cc3)CC2)nc1N(C)C. The van der Waals surface area contributed by atoms with Gasteiger partial charge in [-0.05, 0) is 56.9 Å². The fourth-order valence-corrected chi connectivity index (χ4v) is 3.57. The Balaban J connectivity index is 1.49. The summed E-state index contributed by atoms with van der Waals surface area (Å²) in [5.74, 6) is 1.23. The molecule has 8 heteroatoms. The van der Waals surface area contributed by atoms with Gasteiger partial charge < -0.3 is 15.5 Å². The Morgan fingerprint density at radius 1 is 1.07 bits per heavy atom. The van der Waals surface area contributed by atoms with Crippen LogP contribution in [-0.4, -0.2) is 49.2 Å². The molecule has 2 N–H and O–H groups in total. The zero-order chi connectivity index (χ0) is 21.0. The topological polar surface area (TPSA) is 73.4 Å². The van der Waals surface area contributed by atoms with Gasteiger partial charge in [0.15, 0.2) is 0 Å². The van der Waals surface area contributed by atoms with Crippen LogP contribution in [0.2, 0.25) is 0 Å². The van der Waals surface area contributed by atoms with Crippen LogP contribution in [0.3, 0.4) is 0 Å². The maximum absolute atomic E-state index is 13.1. The van der Waals surface area contributed by atoms with Crippen LogP contribution in [-0.2, 0) is 0 Å². The molecule has 0 spiro atoms. The van der Waals surface area contributed by atoms with E-state index in [4.69, 9.17) is 0 Å². The molecule has 1 saturated carbocycles. The van der Waals surface area contributed by atoms with Gasteiger partial charge in [-0.25, -0.2) is 14.2 Å². The number of hydrogen-bond donors (Lipinski definition) is 2. The number of rotatable bonds is 5. The molecule has 1 aromatic heterocycles. The number of aromatic nitrogens is 2. The van der Waals surface area contributed by atoms with Gasteiger partial charge in [-0.15, -0.1) is 0 Å². The van der Waals surface area contributed by atoms with Crippen LogP contribution in [0.4, 0.5) is 26.6 Å². The number of halogens is 1. The van der Waals surface area contributed by atoms with Crippen LogP contribution < -0.4 is 20.4 Å². The van der Waals surface area contributed by atoms with Crippen molar-refractivity contribution in [2.45, 2.75) is 44.7 Å². The summed E-state index contributed by atoms with van der Waals surface area (Å²) in [6, 6.07) is 6.13. The molecule has 1 aromatic carbocycles. The number of nitrogens with one attached hydrogen (secondary N) is 2. The lowest BCUT2D eigenvalue weighted by Crippen LogP contribution is -2.45. The van der Waals surface area contributed by atoms with Crippen molar-refractivity contribution >= 4 is 23.5 Å². The van der Waals surface area contributed by atoms with E-state index in [1.54, 1.807) is 19.2 Å². The molecule has 1 aliphatic rings. The van der Waals surface area contributed by atoms with Crippen LogP contribution in [0.5, 0.6) is 0 Å². The highest BCUT2D eigenvalue weighted by molar-refractivity contribution is 5.91. The van der Waals surface area contributed by atoms with Crippen LogP contribution in [0.1, 0.15) is 31.2 Å². The third kappa shape index (κ3) is 5.34. The van der Waals surface area contributed by atoms with Crippen molar-refractivity contribution < 1.29 is 9.18 Å². The van der Waals surface area contributed by atoms with Crippen molar-refractivity contribution in [3.63, 3.8) is 0 Å². The largest absolute Gasteiger partial charge is 0.362 e. The number of nitrogens with zero attached hydrogens (tertiary/aromatic N) is 4. The molecule has 2 amide bonds. The van der Waals surface area contributed by atoms with Crippen LogP contribution >= 0.6 is 0 Å². The van der Waals surface area contributed by atoms with Crippen LogP contribution in [0.15, 0.2) is 30.5 Å². The second kappa shape index (κ2) is 9.07. The number of carbonyl (C=O) groups is 1. The lowest BCUT2D eigenvalue weighted by atomic mass is 9.91. The Bertz CT molecular complexity index is 834. The summed E-state index contributed by atoms with van der Waals surface area (Å²) < 4.78 is 13.1. The van der Waals surface area contributed by atoms with Crippen molar-refractivity contribution in [3.05, 3.63) is 41.8 Å². The minimum atomic E-state index is -0.316. The predicted octanol–water partition coefficient (Wildman–Crippen LogP) is 3.56. The van der Waals surface area contributed by atoms with Gasteiger partial charge in [0.1, 0.15) is 11.6 Å². The van der Waals surface area contributed by atoms with E-state index in [0.717, 1.165) is 37.1 Å². The Labute approximate surface area is 171 Å². The highest BCUT2D eigenvalue weighted by Gasteiger charge is 2.24. The number of amides is 2. The van der Waals surface area contributed by atoms with Gasteiger partial charge in [0.2, 0.25) is 5.95 Å². The van der Waals surface area contributed by atoms with Crippen molar-refractivity contribution in [1.82, 2.24) is 15.3 Å². The molecule has 0 radical (unpaired) electrons. The second-order valence-electron chi connectivity index (χ2n) is 7.77. The van der Waals surface area contributed by atoms with Gasteiger partial charge in [-0.1, -0.05) is 0 Å². The minimum absolute atomic E-state index is 0.125. The Hall–Kier alpha value is -2.90. The normalized spacial score (nSPS) is 18.8. The third-order valence-corrected chi connectivity index (χ3v) is 5.28. The van der Waals surface area contributed by atoms with Crippen molar-refractivity contribution in [2.75, 3.05) is 36.3 Å². The lowest BCUT2D eigenvalue weighted by molar-refractivity contribution is 0.238. The zero-order valence-corrected chi connectivity index (χ0v) is 17.4. The van der Waals surface area contributed by atoms with E-state index in [2.05, 4.69) is 20.6 Å². The molecular weight excluding hydrogens is 371 g/mol. The fraction of sp³-hybridized carbons (Fsp3) is 0.476. The first-order valence-corrected chi connectivity index (χ1v) is 9.90. The Kier molecular flexibility index (Phi) is 6.51. The molecular formula is C21H29FN6O. The van der Waals surface area contributed by atoms with E-state index in [-0.39, 0.29) is 23.9 Å². The van der Waals surface area contributed by atoms with Crippen molar-refractivity contribution in [2.24, 2.45) is 0 Å². The maximum atomic E-state index is 13.1. The number of benzene rings is 1. The van der Waals surface area contributed by atoms with E-state index in [0.29, 0.717) is 11.6 Å². The molecule has 1 aliphatic carbocycles. The number of anilines is 3. The van der Waals surface area contributed by atoms with E-state index in [1.165, 1.54) is 17.0 Å². The molecule has 3 rings (SSSR count). The van der Waals surface area contributed by atoms with E-state index < -0.39 is 0 Å². The Morgan fingerprint density at radius 3 is 2.31 bits per heavy atom. The minimum Gasteiger partial charge on any atom is -0.362 e. The monoisotopic (exact) mass is 400 g/mol. The number of aryl methyl sites for hydroxylation is 1. The summed E-state index contributed by atoms with van der Waals surface area (Å²) in [5.41, 5.74) is 1.70. The predicted molar refractivity (Wildman–Crippen MR) is 114 cm³/mol. The molecule has 1 fully saturated rings. The molecule has 1 heterocycles. The van der Waals surface area contributed by atoms with Gasteiger partial charge in [-0.3, -0.25) is 4.90 Å². The highest BCUT2D eigenvalue weighted by Crippen LogP contribution is 2.23.